The summed E-state index contributed by atoms with van der Waals surface area (Å²) in [5.41, 5.74) is 2.43. The molecule has 0 saturated carbocycles. The average Bonchev–Trinajstić information content (AvgIpc) is 2.34. The van der Waals surface area contributed by atoms with Gasteiger partial charge in [0.2, 0.25) is 5.96 Å². The van der Waals surface area contributed by atoms with Crippen molar-refractivity contribution in [3.8, 4) is 0 Å². The lowest BCUT2D eigenvalue weighted by Crippen LogP contribution is -2.36. The van der Waals surface area contributed by atoms with Gasteiger partial charge in [-0.2, -0.15) is 0 Å². The van der Waals surface area contributed by atoms with Gasteiger partial charge in [-0.15, -0.1) is 0 Å². The van der Waals surface area contributed by atoms with Crippen molar-refractivity contribution in [1.82, 2.24) is 5.43 Å². The molecule has 100 valence electrons. The third-order valence-corrected chi connectivity index (χ3v) is 2.79. The van der Waals surface area contributed by atoms with Crippen molar-refractivity contribution in [3.63, 3.8) is 0 Å². The van der Waals surface area contributed by atoms with Crippen LogP contribution in [0, 0.1) is 11.6 Å². The first-order valence-corrected chi connectivity index (χ1v) is 6.30. The minimum absolute atomic E-state index is 0.0940. The molecule has 0 saturated heterocycles. The first-order valence-electron chi connectivity index (χ1n) is 5.51. The molecular weight excluding hydrogens is 306 g/mol. The lowest BCUT2D eigenvalue weighted by atomic mass is 10.3. The fraction of sp³-hybridized carbons (Fsp3) is 0.364. The fourth-order valence-corrected chi connectivity index (χ4v) is 1.56. The SMILES string of the molecule is CCCCN=C(NN)Nc1cc(Br)c(F)cc1F. The van der Waals surface area contributed by atoms with E-state index < -0.39 is 11.6 Å². The Morgan fingerprint density at radius 3 is 2.72 bits per heavy atom. The molecule has 0 fully saturated rings. The number of guanidine groups is 1. The van der Waals surface area contributed by atoms with Gasteiger partial charge >= 0.3 is 0 Å². The average molecular weight is 321 g/mol. The number of anilines is 1. The van der Waals surface area contributed by atoms with Crippen LogP contribution in [0.1, 0.15) is 19.8 Å². The number of hydrazine groups is 1. The third-order valence-electron chi connectivity index (χ3n) is 2.18. The number of hydrogen-bond donors (Lipinski definition) is 3. The first-order chi connectivity index (χ1) is 8.58. The van der Waals surface area contributed by atoms with Gasteiger partial charge in [0.05, 0.1) is 10.2 Å². The number of nitrogens with one attached hydrogen (secondary N) is 2. The number of halogens is 3. The van der Waals surface area contributed by atoms with Crippen LogP contribution in [0.2, 0.25) is 0 Å². The Hall–Kier alpha value is -1.21. The standard InChI is InChI=1S/C11H15BrF2N4/c1-2-3-4-16-11(18-15)17-10-5-7(12)8(13)6-9(10)14/h5-6H,2-4,15H2,1H3,(H2,16,17,18). The van der Waals surface area contributed by atoms with Crippen LogP contribution in [0.25, 0.3) is 0 Å². The first kappa shape index (κ1) is 14.8. The molecule has 0 spiro atoms. The monoisotopic (exact) mass is 320 g/mol. The number of benzene rings is 1. The van der Waals surface area contributed by atoms with Crippen molar-refractivity contribution >= 4 is 27.6 Å². The molecule has 4 N–H and O–H groups in total. The molecule has 18 heavy (non-hydrogen) atoms. The van der Waals surface area contributed by atoms with E-state index >= 15 is 0 Å². The number of unbranched alkanes of at least 4 members (excludes halogenated alkanes) is 1. The van der Waals surface area contributed by atoms with Crippen LogP contribution in [0.4, 0.5) is 14.5 Å². The molecule has 1 aromatic carbocycles. The van der Waals surface area contributed by atoms with Crippen LogP contribution < -0.4 is 16.6 Å². The number of hydrogen-bond acceptors (Lipinski definition) is 2. The van der Waals surface area contributed by atoms with Gasteiger partial charge in [-0.05, 0) is 28.4 Å². The zero-order chi connectivity index (χ0) is 13.5. The van der Waals surface area contributed by atoms with Crippen molar-refractivity contribution in [2.24, 2.45) is 10.8 Å². The Labute approximate surface area is 113 Å². The van der Waals surface area contributed by atoms with E-state index in [1.54, 1.807) is 0 Å². The van der Waals surface area contributed by atoms with Crippen LogP contribution in [-0.2, 0) is 0 Å². The van der Waals surface area contributed by atoms with E-state index in [0.717, 1.165) is 18.9 Å². The van der Waals surface area contributed by atoms with Crippen molar-refractivity contribution in [1.29, 1.82) is 0 Å². The molecule has 1 aromatic rings. The second-order valence-electron chi connectivity index (χ2n) is 3.60. The second-order valence-corrected chi connectivity index (χ2v) is 4.45. The van der Waals surface area contributed by atoms with Gasteiger partial charge in [0, 0.05) is 12.6 Å². The van der Waals surface area contributed by atoms with E-state index in [-0.39, 0.29) is 16.1 Å². The van der Waals surface area contributed by atoms with Crippen molar-refractivity contribution in [2.45, 2.75) is 19.8 Å². The van der Waals surface area contributed by atoms with Gasteiger partial charge < -0.3 is 5.32 Å². The zero-order valence-corrected chi connectivity index (χ0v) is 11.5. The molecule has 0 aliphatic carbocycles. The summed E-state index contributed by atoms with van der Waals surface area (Å²) >= 11 is 2.98. The fourth-order valence-electron chi connectivity index (χ4n) is 1.22. The summed E-state index contributed by atoms with van der Waals surface area (Å²) in [5.74, 6) is 4.13. The summed E-state index contributed by atoms with van der Waals surface area (Å²) in [7, 11) is 0. The van der Waals surface area contributed by atoms with Gasteiger partial charge in [0.1, 0.15) is 11.6 Å². The Morgan fingerprint density at radius 2 is 2.11 bits per heavy atom. The molecule has 0 amide bonds. The Kier molecular flexibility index (Phi) is 6.00. The maximum Gasteiger partial charge on any atom is 0.210 e. The van der Waals surface area contributed by atoms with Crippen LogP contribution in [0.5, 0.6) is 0 Å². The number of nitrogens with zero attached hydrogens (tertiary/aromatic N) is 1. The molecule has 4 nitrogen and oxygen atoms in total. The summed E-state index contributed by atoms with van der Waals surface area (Å²) in [6.07, 6.45) is 1.90. The predicted molar refractivity (Wildman–Crippen MR) is 72.2 cm³/mol. The van der Waals surface area contributed by atoms with Crippen LogP contribution in [-0.4, -0.2) is 12.5 Å². The summed E-state index contributed by atoms with van der Waals surface area (Å²) in [5, 5.41) is 2.67. The Bertz CT molecular complexity index is 437. The molecule has 1 rings (SSSR count). The molecule has 7 heteroatoms. The van der Waals surface area contributed by atoms with Crippen molar-refractivity contribution in [3.05, 3.63) is 28.2 Å². The van der Waals surface area contributed by atoms with Crippen LogP contribution in [0.3, 0.4) is 0 Å². The molecular formula is C11H15BrF2N4. The molecule has 0 aromatic heterocycles. The molecule has 0 heterocycles. The van der Waals surface area contributed by atoms with Gasteiger partial charge in [0.25, 0.3) is 0 Å². The van der Waals surface area contributed by atoms with Crippen LogP contribution >= 0.6 is 15.9 Å². The normalized spacial score (nSPS) is 11.5. The summed E-state index contributed by atoms with van der Waals surface area (Å²) in [6, 6.07) is 2.07. The summed E-state index contributed by atoms with van der Waals surface area (Å²) < 4.78 is 26.7. The topological polar surface area (TPSA) is 62.4 Å². The van der Waals surface area contributed by atoms with E-state index in [1.807, 2.05) is 6.92 Å². The molecule has 0 unspecified atom stereocenters. The highest BCUT2D eigenvalue weighted by Crippen LogP contribution is 2.23. The molecule has 0 bridgehead atoms. The smallest absolute Gasteiger partial charge is 0.210 e. The highest BCUT2D eigenvalue weighted by molar-refractivity contribution is 9.10. The van der Waals surface area contributed by atoms with Crippen molar-refractivity contribution in [2.75, 3.05) is 11.9 Å². The molecule has 0 aliphatic heterocycles. The van der Waals surface area contributed by atoms with Gasteiger partial charge in [-0.25, -0.2) is 14.6 Å². The van der Waals surface area contributed by atoms with Crippen molar-refractivity contribution < 1.29 is 8.78 Å². The van der Waals surface area contributed by atoms with Gasteiger partial charge in [-0.1, -0.05) is 13.3 Å². The predicted octanol–water partition coefficient (Wildman–Crippen LogP) is 2.76. The number of aliphatic imine (C=N–C) groups is 1. The van der Waals surface area contributed by atoms with Crippen LogP contribution in [0.15, 0.2) is 21.6 Å². The summed E-state index contributed by atoms with van der Waals surface area (Å²) in [4.78, 5) is 4.11. The highest BCUT2D eigenvalue weighted by atomic mass is 79.9. The molecule has 0 radical (unpaired) electrons. The maximum absolute atomic E-state index is 13.5. The number of nitrogens with two attached hydrogens (primary N) is 1. The van der Waals surface area contributed by atoms with E-state index in [4.69, 9.17) is 5.84 Å². The Balaban J connectivity index is 2.81. The van der Waals surface area contributed by atoms with E-state index in [9.17, 15) is 8.78 Å². The minimum Gasteiger partial charge on any atom is -0.323 e. The lowest BCUT2D eigenvalue weighted by Gasteiger charge is -2.10. The second kappa shape index (κ2) is 7.27. The van der Waals surface area contributed by atoms with E-state index in [1.165, 1.54) is 6.07 Å². The molecule has 0 aliphatic rings. The highest BCUT2D eigenvalue weighted by Gasteiger charge is 2.09. The lowest BCUT2D eigenvalue weighted by molar-refractivity contribution is 0.581. The zero-order valence-electron chi connectivity index (χ0n) is 9.93. The van der Waals surface area contributed by atoms with E-state index in [0.29, 0.717) is 6.54 Å². The molecule has 0 atom stereocenters. The largest absolute Gasteiger partial charge is 0.323 e. The quantitative estimate of drug-likeness (QED) is 0.200. The van der Waals surface area contributed by atoms with Gasteiger partial charge in [-0.3, -0.25) is 10.4 Å². The maximum atomic E-state index is 13.5. The Morgan fingerprint density at radius 1 is 1.39 bits per heavy atom. The minimum atomic E-state index is -0.714. The number of rotatable bonds is 4. The third kappa shape index (κ3) is 4.23. The van der Waals surface area contributed by atoms with E-state index in [2.05, 4.69) is 31.7 Å². The van der Waals surface area contributed by atoms with Gasteiger partial charge in [0.15, 0.2) is 0 Å². The summed E-state index contributed by atoms with van der Waals surface area (Å²) in [6.45, 7) is 2.61.